The van der Waals surface area contributed by atoms with Gasteiger partial charge in [-0.1, -0.05) is 29.3 Å². The van der Waals surface area contributed by atoms with Gasteiger partial charge in [0.05, 0.1) is 15.7 Å². The van der Waals surface area contributed by atoms with E-state index in [0.717, 1.165) is 30.9 Å². The minimum absolute atomic E-state index is 0.449. The topological polar surface area (TPSA) is 15.3 Å². The molecule has 1 atom stereocenters. The van der Waals surface area contributed by atoms with Gasteiger partial charge in [-0.05, 0) is 25.5 Å². The van der Waals surface area contributed by atoms with Crippen LogP contribution in [0.5, 0.6) is 0 Å². The summed E-state index contributed by atoms with van der Waals surface area (Å²) in [5.74, 6) is 0. The average Bonchev–Trinajstić information content (AvgIpc) is 2.28. The highest BCUT2D eigenvalue weighted by molar-refractivity contribution is 6.44. The van der Waals surface area contributed by atoms with E-state index in [1.54, 1.807) is 0 Å². The number of benzene rings is 1. The molecule has 1 aromatic rings. The summed E-state index contributed by atoms with van der Waals surface area (Å²) in [7, 11) is 0. The van der Waals surface area contributed by atoms with Crippen molar-refractivity contribution in [3.63, 3.8) is 0 Å². The highest BCUT2D eigenvalue weighted by Crippen LogP contribution is 2.35. The molecule has 0 aliphatic carbocycles. The Morgan fingerprint density at radius 1 is 1.31 bits per heavy atom. The minimum Gasteiger partial charge on any atom is -0.365 e. The number of halogens is 2. The minimum atomic E-state index is 0.449. The monoisotopic (exact) mass is 258 g/mol. The van der Waals surface area contributed by atoms with Crippen molar-refractivity contribution in [3.05, 3.63) is 27.7 Å². The molecular formula is C12H16Cl2N2. The molecule has 1 heterocycles. The Hall–Kier alpha value is -0.440. The fourth-order valence-electron chi connectivity index (χ4n) is 2.06. The van der Waals surface area contributed by atoms with Crippen LogP contribution in [0.25, 0.3) is 0 Å². The predicted octanol–water partition coefficient (Wildman–Crippen LogP) is 3.10. The molecule has 2 rings (SSSR count). The van der Waals surface area contributed by atoms with Gasteiger partial charge in [-0.3, -0.25) is 0 Å². The molecule has 0 radical (unpaired) electrons. The van der Waals surface area contributed by atoms with Crippen LogP contribution in [0.15, 0.2) is 12.1 Å². The normalized spacial score (nSPS) is 21.2. The lowest BCUT2D eigenvalue weighted by Crippen LogP contribution is -2.50. The number of anilines is 1. The molecule has 0 bridgehead atoms. The molecule has 1 aromatic carbocycles. The fraction of sp³-hybridized carbons (Fsp3) is 0.500. The van der Waals surface area contributed by atoms with Gasteiger partial charge in [-0.15, -0.1) is 0 Å². The Morgan fingerprint density at radius 2 is 2.06 bits per heavy atom. The molecular weight excluding hydrogens is 243 g/mol. The average molecular weight is 259 g/mol. The smallest absolute Gasteiger partial charge is 0.0828 e. The van der Waals surface area contributed by atoms with Gasteiger partial charge in [-0.25, -0.2) is 0 Å². The van der Waals surface area contributed by atoms with E-state index >= 15 is 0 Å². The van der Waals surface area contributed by atoms with Crippen LogP contribution < -0.4 is 10.2 Å². The Kier molecular flexibility index (Phi) is 3.63. The first kappa shape index (κ1) is 12.0. The molecule has 0 saturated carbocycles. The van der Waals surface area contributed by atoms with Crippen LogP contribution in [0.3, 0.4) is 0 Å². The molecule has 4 heteroatoms. The van der Waals surface area contributed by atoms with E-state index < -0.39 is 0 Å². The molecule has 0 unspecified atom stereocenters. The molecule has 1 saturated heterocycles. The highest BCUT2D eigenvalue weighted by Gasteiger charge is 2.21. The fourth-order valence-corrected chi connectivity index (χ4v) is 2.54. The highest BCUT2D eigenvalue weighted by atomic mass is 35.5. The number of aryl methyl sites for hydroxylation is 1. The Labute approximate surface area is 107 Å². The third-order valence-electron chi connectivity index (χ3n) is 3.07. The zero-order valence-electron chi connectivity index (χ0n) is 9.56. The molecule has 0 amide bonds. The lowest BCUT2D eigenvalue weighted by molar-refractivity contribution is 0.501. The van der Waals surface area contributed by atoms with Crippen LogP contribution in [-0.4, -0.2) is 25.7 Å². The first-order valence-corrected chi connectivity index (χ1v) is 6.29. The van der Waals surface area contributed by atoms with Gasteiger partial charge in [0.1, 0.15) is 0 Å². The van der Waals surface area contributed by atoms with Gasteiger partial charge in [0.15, 0.2) is 0 Å². The quantitative estimate of drug-likeness (QED) is 0.833. The summed E-state index contributed by atoms with van der Waals surface area (Å²) in [6.07, 6.45) is 0. The van der Waals surface area contributed by atoms with Crippen molar-refractivity contribution < 1.29 is 0 Å². The lowest BCUT2D eigenvalue weighted by atomic mass is 10.1. The molecule has 1 N–H and O–H groups in total. The number of piperazine rings is 1. The SMILES string of the molecule is Cc1ccc(N2CCNC[C@H]2C)c(Cl)c1Cl. The summed E-state index contributed by atoms with van der Waals surface area (Å²) in [5, 5.41) is 4.71. The zero-order valence-corrected chi connectivity index (χ0v) is 11.1. The molecule has 1 fully saturated rings. The number of nitrogens with zero attached hydrogens (tertiary/aromatic N) is 1. The summed E-state index contributed by atoms with van der Waals surface area (Å²) in [4.78, 5) is 2.31. The number of hydrogen-bond acceptors (Lipinski definition) is 2. The predicted molar refractivity (Wildman–Crippen MR) is 70.9 cm³/mol. The Bertz CT molecular complexity index is 393. The third kappa shape index (κ3) is 2.15. The van der Waals surface area contributed by atoms with Crippen molar-refractivity contribution in [1.82, 2.24) is 5.32 Å². The first-order chi connectivity index (χ1) is 7.61. The summed E-state index contributed by atoms with van der Waals surface area (Å²) in [5.41, 5.74) is 2.07. The second kappa shape index (κ2) is 4.82. The van der Waals surface area contributed by atoms with Crippen molar-refractivity contribution in [2.24, 2.45) is 0 Å². The summed E-state index contributed by atoms with van der Waals surface area (Å²) < 4.78 is 0. The summed E-state index contributed by atoms with van der Waals surface area (Å²) in [6, 6.07) is 4.54. The molecule has 0 spiro atoms. The van der Waals surface area contributed by atoms with Gasteiger partial charge < -0.3 is 10.2 Å². The summed E-state index contributed by atoms with van der Waals surface area (Å²) in [6.45, 7) is 7.11. The molecule has 2 nitrogen and oxygen atoms in total. The summed E-state index contributed by atoms with van der Waals surface area (Å²) >= 11 is 12.5. The van der Waals surface area contributed by atoms with Crippen molar-refractivity contribution in [3.8, 4) is 0 Å². The zero-order chi connectivity index (χ0) is 11.7. The van der Waals surface area contributed by atoms with E-state index in [1.807, 2.05) is 13.0 Å². The van der Waals surface area contributed by atoms with Crippen molar-refractivity contribution in [1.29, 1.82) is 0 Å². The second-order valence-corrected chi connectivity index (χ2v) is 5.03. The van der Waals surface area contributed by atoms with Crippen LogP contribution in [0.4, 0.5) is 5.69 Å². The van der Waals surface area contributed by atoms with E-state index in [2.05, 4.69) is 23.2 Å². The van der Waals surface area contributed by atoms with E-state index in [9.17, 15) is 0 Å². The Balaban J connectivity index is 2.36. The number of hydrogen-bond donors (Lipinski definition) is 1. The Morgan fingerprint density at radius 3 is 2.75 bits per heavy atom. The maximum Gasteiger partial charge on any atom is 0.0828 e. The van der Waals surface area contributed by atoms with Gasteiger partial charge in [0.2, 0.25) is 0 Å². The molecule has 1 aliphatic rings. The molecule has 16 heavy (non-hydrogen) atoms. The van der Waals surface area contributed by atoms with E-state index in [1.165, 1.54) is 0 Å². The van der Waals surface area contributed by atoms with Crippen molar-refractivity contribution >= 4 is 28.9 Å². The lowest BCUT2D eigenvalue weighted by Gasteiger charge is -2.36. The largest absolute Gasteiger partial charge is 0.365 e. The maximum atomic E-state index is 6.30. The second-order valence-electron chi connectivity index (χ2n) is 4.28. The van der Waals surface area contributed by atoms with Crippen LogP contribution in [0.1, 0.15) is 12.5 Å². The molecule has 0 aromatic heterocycles. The standard InChI is InChI=1S/C12H16Cl2N2/c1-8-3-4-10(12(14)11(8)13)16-6-5-15-7-9(16)2/h3-4,9,15H,5-7H2,1-2H3/t9-/m1/s1. The maximum absolute atomic E-state index is 6.30. The van der Waals surface area contributed by atoms with E-state index in [4.69, 9.17) is 23.2 Å². The van der Waals surface area contributed by atoms with Crippen LogP contribution in [-0.2, 0) is 0 Å². The molecule has 88 valence electrons. The van der Waals surface area contributed by atoms with Crippen molar-refractivity contribution in [2.45, 2.75) is 19.9 Å². The van der Waals surface area contributed by atoms with E-state index in [0.29, 0.717) is 16.1 Å². The first-order valence-electron chi connectivity index (χ1n) is 5.53. The molecule has 1 aliphatic heterocycles. The number of nitrogens with one attached hydrogen (secondary N) is 1. The number of rotatable bonds is 1. The van der Waals surface area contributed by atoms with Crippen LogP contribution >= 0.6 is 23.2 Å². The van der Waals surface area contributed by atoms with Gasteiger partial charge in [-0.2, -0.15) is 0 Å². The van der Waals surface area contributed by atoms with Crippen molar-refractivity contribution in [2.75, 3.05) is 24.5 Å². The third-order valence-corrected chi connectivity index (χ3v) is 4.03. The van der Waals surface area contributed by atoms with Gasteiger partial charge in [0, 0.05) is 25.7 Å². The van der Waals surface area contributed by atoms with Gasteiger partial charge >= 0.3 is 0 Å². The van der Waals surface area contributed by atoms with Crippen LogP contribution in [0, 0.1) is 6.92 Å². The van der Waals surface area contributed by atoms with Gasteiger partial charge in [0.25, 0.3) is 0 Å². The van der Waals surface area contributed by atoms with E-state index in [-0.39, 0.29) is 0 Å². The van der Waals surface area contributed by atoms with Crippen LogP contribution in [0.2, 0.25) is 10.0 Å².